The summed E-state index contributed by atoms with van der Waals surface area (Å²) in [5.41, 5.74) is 1.82. The van der Waals surface area contributed by atoms with Gasteiger partial charge in [-0.15, -0.1) is 0 Å². The van der Waals surface area contributed by atoms with Crippen molar-refractivity contribution in [2.45, 2.75) is 71.1 Å². The highest BCUT2D eigenvalue weighted by molar-refractivity contribution is 6.02. The topological polar surface area (TPSA) is 208 Å². The Morgan fingerprint density at radius 3 is 1.33 bits per heavy atom. The van der Waals surface area contributed by atoms with Gasteiger partial charge in [0.15, 0.2) is 0 Å². The van der Waals surface area contributed by atoms with Gasteiger partial charge in [-0.05, 0) is 74.9 Å². The smallest absolute Gasteiger partial charge is 0.331 e. The molecule has 0 saturated heterocycles. The van der Waals surface area contributed by atoms with Crippen molar-refractivity contribution < 1.29 is 58.4 Å². The minimum Gasteiger partial charge on any atom is -0.507 e. The van der Waals surface area contributed by atoms with Gasteiger partial charge in [0.05, 0.1) is 36.5 Å². The molecule has 0 heterocycles. The molecule has 2 saturated carbocycles. The van der Waals surface area contributed by atoms with Crippen molar-refractivity contribution in [1.82, 2.24) is 0 Å². The Morgan fingerprint density at radius 1 is 0.652 bits per heavy atom. The summed E-state index contributed by atoms with van der Waals surface area (Å²) in [6.45, 7) is 6.79. The molecule has 2 aliphatic carbocycles. The first kappa shape index (κ1) is 36.9. The number of rotatable bonds is 7. The number of benzene rings is 2. The number of ether oxygens (including phenoxy) is 3. The van der Waals surface area contributed by atoms with Gasteiger partial charge in [0.1, 0.15) is 11.5 Å². The van der Waals surface area contributed by atoms with Crippen molar-refractivity contribution >= 4 is 41.3 Å². The van der Waals surface area contributed by atoms with Crippen molar-refractivity contribution in [3.63, 3.8) is 0 Å². The second kappa shape index (κ2) is 15.6. The van der Waals surface area contributed by atoms with Crippen molar-refractivity contribution in [2.75, 3.05) is 14.2 Å². The van der Waals surface area contributed by atoms with E-state index < -0.39 is 28.7 Å². The number of phenols is 2. The fourth-order valence-corrected chi connectivity index (χ4v) is 4.55. The number of esters is 4. The molecule has 14 heteroatoms. The summed E-state index contributed by atoms with van der Waals surface area (Å²) in [5.74, 6) is -2.19. The van der Waals surface area contributed by atoms with E-state index in [1.807, 2.05) is 0 Å². The van der Waals surface area contributed by atoms with Crippen LogP contribution in [0.1, 0.15) is 82.6 Å². The van der Waals surface area contributed by atoms with Gasteiger partial charge in [0.25, 0.3) is 0 Å². The first-order chi connectivity index (χ1) is 21.6. The number of oxime groups is 2. The largest absolute Gasteiger partial charge is 0.507 e. The summed E-state index contributed by atoms with van der Waals surface area (Å²) < 4.78 is 13.6. The SMILES string of the molecule is CC(=O)OC(C)=O.COC(=O)C1(c2ccc(O)c(/C(C)=N/O)c2)CC1.COC(=O)C1(c2ccc(O)c(C(C)=NOC(C)=O)c2)CC1. The molecule has 0 spiro atoms. The second-order valence-corrected chi connectivity index (χ2v) is 10.6. The molecule has 0 unspecified atom stereocenters. The minimum absolute atomic E-state index is 0.00724. The molecule has 46 heavy (non-hydrogen) atoms. The number of aromatic hydroxyl groups is 2. The molecular weight excluding hydrogens is 604 g/mol. The van der Waals surface area contributed by atoms with E-state index in [0.717, 1.165) is 24.0 Å². The van der Waals surface area contributed by atoms with Crippen LogP contribution in [0.15, 0.2) is 46.7 Å². The predicted octanol–water partition coefficient (Wildman–Crippen LogP) is 3.77. The lowest BCUT2D eigenvalue weighted by Gasteiger charge is -2.15. The first-order valence-electron chi connectivity index (χ1n) is 14.0. The fourth-order valence-electron chi connectivity index (χ4n) is 4.55. The van der Waals surface area contributed by atoms with Crippen molar-refractivity contribution in [1.29, 1.82) is 0 Å². The van der Waals surface area contributed by atoms with Crippen LogP contribution < -0.4 is 0 Å². The lowest BCUT2D eigenvalue weighted by Crippen LogP contribution is -2.22. The molecule has 2 fully saturated rings. The van der Waals surface area contributed by atoms with Crippen LogP contribution in [0.3, 0.4) is 0 Å². The molecule has 0 radical (unpaired) electrons. The molecule has 14 nitrogen and oxygen atoms in total. The number of carbonyl (C=O) groups excluding carboxylic acids is 5. The Labute approximate surface area is 265 Å². The summed E-state index contributed by atoms with van der Waals surface area (Å²) in [6.07, 6.45) is 2.90. The van der Waals surface area contributed by atoms with E-state index in [2.05, 4.69) is 19.9 Å². The van der Waals surface area contributed by atoms with E-state index in [0.29, 0.717) is 35.4 Å². The maximum atomic E-state index is 11.9. The van der Waals surface area contributed by atoms with Gasteiger partial charge in [-0.2, -0.15) is 0 Å². The average molecular weight is 643 g/mol. The number of phenolic OH excluding ortho intramolecular Hbond substituents is 2. The van der Waals surface area contributed by atoms with Crippen LogP contribution in [0.25, 0.3) is 0 Å². The van der Waals surface area contributed by atoms with Gasteiger partial charge in [-0.25, -0.2) is 4.79 Å². The van der Waals surface area contributed by atoms with Crippen LogP contribution in [0, 0.1) is 0 Å². The minimum atomic E-state index is -0.626. The zero-order valence-corrected chi connectivity index (χ0v) is 26.7. The van der Waals surface area contributed by atoms with E-state index in [9.17, 15) is 34.2 Å². The van der Waals surface area contributed by atoms with Crippen LogP contribution in [0.2, 0.25) is 0 Å². The molecule has 0 atom stereocenters. The quantitative estimate of drug-likeness (QED) is 0.0750. The van der Waals surface area contributed by atoms with E-state index in [-0.39, 0.29) is 23.4 Å². The Hall–Kier alpha value is -5.27. The number of methoxy groups -OCH3 is 2. The van der Waals surface area contributed by atoms with Gasteiger partial charge < -0.3 is 34.5 Å². The van der Waals surface area contributed by atoms with Crippen molar-refractivity contribution in [2.24, 2.45) is 10.3 Å². The third kappa shape index (κ3) is 9.13. The van der Waals surface area contributed by atoms with Gasteiger partial charge in [-0.1, -0.05) is 22.4 Å². The number of nitrogens with zero attached hydrogens (tertiary/aromatic N) is 2. The molecule has 0 bridgehead atoms. The Kier molecular flexibility index (Phi) is 12.6. The van der Waals surface area contributed by atoms with E-state index in [4.69, 9.17) is 14.7 Å². The zero-order valence-electron chi connectivity index (χ0n) is 26.7. The lowest BCUT2D eigenvalue weighted by atomic mass is 9.93. The molecule has 0 aliphatic heterocycles. The van der Waals surface area contributed by atoms with Crippen molar-refractivity contribution in [3.05, 3.63) is 58.7 Å². The molecule has 4 rings (SSSR count). The molecule has 0 amide bonds. The summed E-state index contributed by atoms with van der Waals surface area (Å²) >= 11 is 0. The number of hydrogen-bond donors (Lipinski definition) is 3. The maximum absolute atomic E-state index is 11.9. The maximum Gasteiger partial charge on any atom is 0.331 e. The van der Waals surface area contributed by atoms with Crippen molar-refractivity contribution in [3.8, 4) is 11.5 Å². The lowest BCUT2D eigenvalue weighted by molar-refractivity contribution is -0.156. The monoisotopic (exact) mass is 642 g/mol. The van der Waals surface area contributed by atoms with Crippen LogP contribution in [0.5, 0.6) is 11.5 Å². The van der Waals surface area contributed by atoms with E-state index in [1.165, 1.54) is 47.1 Å². The summed E-state index contributed by atoms with van der Waals surface area (Å²) in [7, 11) is 2.72. The standard InChI is InChI=1S/C15H17NO5.C13H15NO4.C4H6O3/c1-9(16-21-10(2)17)12-8-11(4-5-13(12)18)15(6-7-15)14(19)20-3;1-8(14-17)10-7-9(3-4-11(10)15)13(5-6-13)12(16)18-2;1-3(5)7-4(2)6/h4-5,8,18H,6-7H2,1-3H3;3-4,7,15,17H,5-6H2,1-2H3;1-2H3/b;14-8+;. The Bertz CT molecular complexity index is 1540. The van der Waals surface area contributed by atoms with Gasteiger partial charge in [0.2, 0.25) is 0 Å². The number of hydrogen-bond acceptors (Lipinski definition) is 14. The molecular formula is C32H38N2O12. The van der Waals surface area contributed by atoms with Gasteiger partial charge >= 0.3 is 29.8 Å². The second-order valence-electron chi connectivity index (χ2n) is 10.6. The van der Waals surface area contributed by atoms with Gasteiger partial charge in [0, 0.05) is 31.9 Å². The molecule has 2 aliphatic rings. The molecule has 2 aromatic carbocycles. The highest BCUT2D eigenvalue weighted by Crippen LogP contribution is 2.50. The van der Waals surface area contributed by atoms with Crippen LogP contribution in [-0.4, -0.2) is 70.9 Å². The normalized spacial score (nSPS) is 15.4. The predicted molar refractivity (Wildman–Crippen MR) is 162 cm³/mol. The molecule has 248 valence electrons. The summed E-state index contributed by atoms with van der Waals surface area (Å²) in [5, 5.41) is 35.1. The zero-order chi connectivity index (χ0) is 34.8. The third-order valence-corrected chi connectivity index (χ3v) is 7.28. The van der Waals surface area contributed by atoms with E-state index in [1.54, 1.807) is 38.1 Å². The summed E-state index contributed by atoms with van der Waals surface area (Å²) in [6, 6.07) is 9.76. The summed E-state index contributed by atoms with van der Waals surface area (Å²) in [4.78, 5) is 58.6. The van der Waals surface area contributed by atoms with Crippen LogP contribution in [0.4, 0.5) is 0 Å². The molecule has 2 aromatic rings. The first-order valence-corrected chi connectivity index (χ1v) is 14.0. The average Bonchev–Trinajstić information content (AvgIpc) is 3.94. The fraction of sp³-hybridized carbons (Fsp3) is 0.406. The Morgan fingerprint density at radius 2 is 1.04 bits per heavy atom. The Balaban J connectivity index is 0.000000268. The highest BCUT2D eigenvalue weighted by Gasteiger charge is 2.53. The highest BCUT2D eigenvalue weighted by atomic mass is 16.7. The van der Waals surface area contributed by atoms with Gasteiger partial charge in [-0.3, -0.25) is 19.2 Å². The van der Waals surface area contributed by atoms with E-state index >= 15 is 0 Å². The molecule has 0 aromatic heterocycles. The van der Waals surface area contributed by atoms with Crippen LogP contribution in [-0.2, 0) is 53.9 Å². The molecule has 3 N–H and O–H groups in total. The number of carbonyl (C=O) groups is 5. The van der Waals surface area contributed by atoms with Crippen LogP contribution >= 0.6 is 0 Å². The third-order valence-electron chi connectivity index (χ3n) is 7.28.